The molecule has 0 N–H and O–H groups in total. The van der Waals surface area contributed by atoms with E-state index < -0.39 is 17.7 Å². The molecule has 0 aliphatic carbocycles. The van der Waals surface area contributed by atoms with Gasteiger partial charge >= 0.3 is 6.18 Å². The van der Waals surface area contributed by atoms with E-state index in [1.807, 2.05) is 0 Å². The van der Waals surface area contributed by atoms with Gasteiger partial charge in [-0.25, -0.2) is 9.38 Å². The fourth-order valence-corrected chi connectivity index (χ4v) is 0.961. The van der Waals surface area contributed by atoms with Gasteiger partial charge in [0.05, 0.1) is 5.69 Å². The van der Waals surface area contributed by atoms with E-state index in [1.165, 1.54) is 25.1 Å². The maximum atomic E-state index is 13.0. The molecule has 1 nitrogen and oxygen atoms in total. The summed E-state index contributed by atoms with van der Waals surface area (Å²) in [5.74, 6) is -0.564. The van der Waals surface area contributed by atoms with E-state index in [2.05, 4.69) is 4.99 Å². The topological polar surface area (TPSA) is 12.4 Å². The lowest BCUT2D eigenvalue weighted by Crippen LogP contribution is -2.19. The molecular formula is C10H9F4N. The van der Waals surface area contributed by atoms with Gasteiger partial charge in [0, 0.05) is 5.56 Å². The summed E-state index contributed by atoms with van der Waals surface area (Å²) >= 11 is 0. The Morgan fingerprint density at radius 3 is 2.40 bits per heavy atom. The van der Waals surface area contributed by atoms with Crippen LogP contribution in [0.5, 0.6) is 0 Å². The highest BCUT2D eigenvalue weighted by molar-refractivity contribution is 5.89. The summed E-state index contributed by atoms with van der Waals surface area (Å²) in [6, 6.07) is 3.84. The maximum Gasteiger partial charge on any atom is 0.429 e. The van der Waals surface area contributed by atoms with Crippen molar-refractivity contribution in [2.24, 2.45) is 4.99 Å². The molecule has 0 fully saturated rings. The van der Waals surface area contributed by atoms with Crippen LogP contribution in [0.15, 0.2) is 23.2 Å². The monoisotopic (exact) mass is 219 g/mol. The van der Waals surface area contributed by atoms with Crippen molar-refractivity contribution in [1.29, 1.82) is 0 Å². The third-order valence-electron chi connectivity index (χ3n) is 1.94. The van der Waals surface area contributed by atoms with Gasteiger partial charge in [0.25, 0.3) is 0 Å². The second-order valence-electron chi connectivity index (χ2n) is 3.08. The molecule has 0 unspecified atom stereocenters. The first-order valence-electron chi connectivity index (χ1n) is 4.20. The first kappa shape index (κ1) is 11.7. The molecule has 15 heavy (non-hydrogen) atoms. The molecule has 5 heteroatoms. The number of aliphatic imine (C=N–C) groups is 1. The minimum atomic E-state index is -4.47. The Balaban J connectivity index is 3.15. The van der Waals surface area contributed by atoms with Crippen molar-refractivity contribution in [3.8, 4) is 0 Å². The molecule has 0 radical (unpaired) electrons. The molecule has 0 aromatic heterocycles. The van der Waals surface area contributed by atoms with Crippen LogP contribution in [-0.2, 0) is 0 Å². The summed E-state index contributed by atoms with van der Waals surface area (Å²) in [5.41, 5.74) is -0.873. The average Bonchev–Trinajstić information content (AvgIpc) is 2.11. The van der Waals surface area contributed by atoms with Crippen LogP contribution >= 0.6 is 0 Å². The van der Waals surface area contributed by atoms with E-state index in [0.29, 0.717) is 0 Å². The van der Waals surface area contributed by atoms with Crippen molar-refractivity contribution < 1.29 is 17.6 Å². The Morgan fingerprint density at radius 1 is 1.27 bits per heavy atom. The van der Waals surface area contributed by atoms with Crippen molar-refractivity contribution in [3.63, 3.8) is 0 Å². The molecule has 82 valence electrons. The van der Waals surface area contributed by atoms with Crippen molar-refractivity contribution in [1.82, 2.24) is 0 Å². The van der Waals surface area contributed by atoms with Gasteiger partial charge < -0.3 is 0 Å². The number of alkyl halides is 3. The smallest absolute Gasteiger partial charge is 0.248 e. The molecular weight excluding hydrogens is 210 g/mol. The van der Waals surface area contributed by atoms with Crippen LogP contribution in [0.25, 0.3) is 0 Å². The molecule has 0 atom stereocenters. The number of halogens is 4. The molecule has 0 aliphatic heterocycles. The van der Waals surface area contributed by atoms with Crippen molar-refractivity contribution in [2.45, 2.75) is 20.0 Å². The Bertz CT molecular complexity index is 393. The summed E-state index contributed by atoms with van der Waals surface area (Å²) in [6.07, 6.45) is -4.47. The number of hydrogen-bond acceptors (Lipinski definition) is 1. The fraction of sp³-hybridized carbons (Fsp3) is 0.300. The van der Waals surface area contributed by atoms with E-state index >= 15 is 0 Å². The van der Waals surface area contributed by atoms with Crippen LogP contribution in [0.2, 0.25) is 0 Å². The molecule has 0 bridgehead atoms. The SMILES string of the molecule is C/C(=N\c1cccc(F)c1C)C(F)(F)F. The zero-order valence-corrected chi connectivity index (χ0v) is 8.19. The molecule has 1 aromatic rings. The molecule has 0 heterocycles. The normalized spacial score (nSPS) is 13.1. The predicted octanol–water partition coefficient (Wildman–Crippen LogP) is 3.79. The highest BCUT2D eigenvalue weighted by Crippen LogP contribution is 2.25. The number of nitrogens with zero attached hydrogens (tertiary/aromatic N) is 1. The quantitative estimate of drug-likeness (QED) is 0.503. The van der Waals surface area contributed by atoms with Crippen LogP contribution in [0.1, 0.15) is 12.5 Å². The lowest BCUT2D eigenvalue weighted by Gasteiger charge is -2.06. The predicted molar refractivity (Wildman–Crippen MR) is 50.0 cm³/mol. The minimum Gasteiger partial charge on any atom is -0.248 e. The highest BCUT2D eigenvalue weighted by Gasteiger charge is 2.32. The van der Waals surface area contributed by atoms with Crippen LogP contribution in [0, 0.1) is 12.7 Å². The number of benzene rings is 1. The van der Waals surface area contributed by atoms with Gasteiger partial charge in [0.15, 0.2) is 0 Å². The summed E-state index contributed by atoms with van der Waals surface area (Å²) in [5, 5.41) is 0. The van der Waals surface area contributed by atoms with Crippen molar-refractivity contribution >= 4 is 11.4 Å². The average molecular weight is 219 g/mol. The zero-order chi connectivity index (χ0) is 11.6. The first-order chi connectivity index (χ1) is 6.82. The zero-order valence-electron chi connectivity index (χ0n) is 8.19. The van der Waals surface area contributed by atoms with Gasteiger partial charge in [-0.1, -0.05) is 6.07 Å². The van der Waals surface area contributed by atoms with E-state index in [9.17, 15) is 17.6 Å². The van der Waals surface area contributed by atoms with E-state index in [4.69, 9.17) is 0 Å². The van der Waals surface area contributed by atoms with Crippen LogP contribution in [0.4, 0.5) is 23.2 Å². The van der Waals surface area contributed by atoms with Crippen LogP contribution in [-0.4, -0.2) is 11.9 Å². The molecule has 1 rings (SSSR count). The van der Waals surface area contributed by atoms with Crippen molar-refractivity contribution in [2.75, 3.05) is 0 Å². The largest absolute Gasteiger partial charge is 0.429 e. The standard InChI is InChI=1S/C10H9F4N/c1-6-8(11)4-3-5-9(6)15-7(2)10(12,13)14/h3-5H,1-2H3/b15-7+. The highest BCUT2D eigenvalue weighted by atomic mass is 19.4. The van der Waals surface area contributed by atoms with Gasteiger partial charge in [-0.3, -0.25) is 0 Å². The van der Waals surface area contributed by atoms with Gasteiger partial charge in [0.2, 0.25) is 0 Å². The van der Waals surface area contributed by atoms with Gasteiger partial charge in [-0.2, -0.15) is 13.2 Å². The van der Waals surface area contributed by atoms with E-state index in [0.717, 1.165) is 6.92 Å². The van der Waals surface area contributed by atoms with E-state index in [-0.39, 0.29) is 11.3 Å². The molecule has 0 aliphatic rings. The third kappa shape index (κ3) is 2.78. The molecule has 0 saturated carbocycles. The summed E-state index contributed by atoms with van der Waals surface area (Å²) in [4.78, 5) is 3.34. The first-order valence-corrected chi connectivity index (χ1v) is 4.20. The molecule has 1 aromatic carbocycles. The maximum absolute atomic E-state index is 13.0. The summed E-state index contributed by atoms with van der Waals surface area (Å²) < 4.78 is 49.4. The van der Waals surface area contributed by atoms with Crippen molar-refractivity contribution in [3.05, 3.63) is 29.6 Å². The Labute approximate surface area is 84.4 Å². The van der Waals surface area contributed by atoms with Gasteiger partial charge in [-0.05, 0) is 26.0 Å². The Hall–Kier alpha value is -1.39. The number of rotatable bonds is 1. The lowest BCUT2D eigenvalue weighted by atomic mass is 10.2. The van der Waals surface area contributed by atoms with Gasteiger partial charge in [-0.15, -0.1) is 0 Å². The second kappa shape index (κ2) is 4.00. The Kier molecular flexibility index (Phi) is 3.12. The molecule has 0 saturated heterocycles. The van der Waals surface area contributed by atoms with Crippen LogP contribution in [0.3, 0.4) is 0 Å². The molecule has 0 spiro atoms. The summed E-state index contributed by atoms with van der Waals surface area (Å²) in [7, 11) is 0. The number of hydrogen-bond donors (Lipinski definition) is 0. The van der Waals surface area contributed by atoms with Gasteiger partial charge in [0.1, 0.15) is 11.5 Å². The van der Waals surface area contributed by atoms with Crippen LogP contribution < -0.4 is 0 Å². The molecule has 0 amide bonds. The minimum absolute atomic E-state index is 0.00447. The fourth-order valence-electron chi connectivity index (χ4n) is 0.961. The third-order valence-corrected chi connectivity index (χ3v) is 1.94. The Morgan fingerprint density at radius 2 is 1.87 bits per heavy atom. The summed E-state index contributed by atoms with van der Waals surface area (Å²) in [6.45, 7) is 2.24. The second-order valence-corrected chi connectivity index (χ2v) is 3.08. The lowest BCUT2D eigenvalue weighted by molar-refractivity contribution is -0.0591. The van der Waals surface area contributed by atoms with E-state index in [1.54, 1.807) is 0 Å².